The minimum Gasteiger partial charge on any atom is -0.379 e. The monoisotopic (exact) mass is 312 g/mol. The zero-order chi connectivity index (χ0) is 15.8. The van der Waals surface area contributed by atoms with E-state index in [2.05, 4.69) is 15.0 Å². The van der Waals surface area contributed by atoms with Gasteiger partial charge in [0.05, 0.1) is 25.5 Å². The highest BCUT2D eigenvalue weighted by atomic mass is 16.5. The van der Waals surface area contributed by atoms with Crippen LogP contribution in [0.2, 0.25) is 0 Å². The van der Waals surface area contributed by atoms with E-state index in [4.69, 9.17) is 4.74 Å². The van der Waals surface area contributed by atoms with Gasteiger partial charge in [-0.1, -0.05) is 18.2 Å². The number of benzene rings is 1. The summed E-state index contributed by atoms with van der Waals surface area (Å²) in [6.07, 6.45) is 0. The van der Waals surface area contributed by atoms with Crippen LogP contribution in [-0.4, -0.2) is 52.5 Å². The van der Waals surface area contributed by atoms with Crippen molar-refractivity contribution in [2.24, 2.45) is 0 Å². The maximum Gasteiger partial charge on any atom is 0.257 e. The Balaban J connectivity index is 1.74. The van der Waals surface area contributed by atoms with Gasteiger partial charge in [-0.25, -0.2) is 4.68 Å². The van der Waals surface area contributed by atoms with Gasteiger partial charge < -0.3 is 9.72 Å². The molecule has 1 N–H and O–H groups in total. The van der Waals surface area contributed by atoms with E-state index in [1.165, 1.54) is 0 Å². The standard InChI is InChI=1S/C17H20N4O2/c1-12-15-13-4-2-3-5-14(13)17(22)18-16(15)21(19-12)7-6-20-8-10-23-11-9-20/h2-5H,6-11H2,1H3,(H,18,22). The zero-order valence-electron chi connectivity index (χ0n) is 13.2. The van der Waals surface area contributed by atoms with Crippen LogP contribution in [-0.2, 0) is 11.3 Å². The number of aromatic nitrogens is 3. The lowest BCUT2D eigenvalue weighted by atomic mass is 10.1. The molecule has 6 heteroatoms. The molecule has 1 fully saturated rings. The summed E-state index contributed by atoms with van der Waals surface area (Å²) in [5.41, 5.74) is 1.72. The summed E-state index contributed by atoms with van der Waals surface area (Å²) >= 11 is 0. The highest BCUT2D eigenvalue weighted by Crippen LogP contribution is 2.24. The number of nitrogens with one attached hydrogen (secondary N) is 1. The summed E-state index contributed by atoms with van der Waals surface area (Å²) in [5.74, 6) is 0. The SMILES string of the molecule is Cc1nn(CCN2CCOCC2)c2[nH]c(=O)c3ccccc3c12. The fraction of sp³-hybridized carbons (Fsp3) is 0.412. The van der Waals surface area contributed by atoms with Crippen LogP contribution in [0.15, 0.2) is 29.1 Å². The van der Waals surface area contributed by atoms with Gasteiger partial charge in [0.15, 0.2) is 0 Å². The van der Waals surface area contributed by atoms with Crippen LogP contribution < -0.4 is 5.56 Å². The first-order chi connectivity index (χ1) is 11.2. The Bertz CT molecular complexity index is 906. The van der Waals surface area contributed by atoms with E-state index in [1.807, 2.05) is 35.9 Å². The van der Waals surface area contributed by atoms with Crippen molar-refractivity contribution in [2.45, 2.75) is 13.5 Å². The lowest BCUT2D eigenvalue weighted by molar-refractivity contribution is 0.0361. The Morgan fingerprint density at radius 2 is 1.91 bits per heavy atom. The van der Waals surface area contributed by atoms with Crippen LogP contribution in [0.1, 0.15) is 5.69 Å². The minimum absolute atomic E-state index is 0.0550. The molecule has 0 amide bonds. The average Bonchev–Trinajstić information content (AvgIpc) is 2.90. The summed E-state index contributed by atoms with van der Waals surface area (Å²) in [6, 6.07) is 7.71. The fourth-order valence-corrected chi connectivity index (χ4v) is 3.33. The average molecular weight is 312 g/mol. The third-order valence-corrected chi connectivity index (χ3v) is 4.53. The molecule has 0 spiro atoms. The molecule has 0 atom stereocenters. The van der Waals surface area contributed by atoms with Gasteiger partial charge in [0.25, 0.3) is 5.56 Å². The molecule has 0 unspecified atom stereocenters. The summed E-state index contributed by atoms with van der Waals surface area (Å²) < 4.78 is 7.30. The largest absolute Gasteiger partial charge is 0.379 e. The molecule has 120 valence electrons. The van der Waals surface area contributed by atoms with Crippen molar-refractivity contribution < 1.29 is 4.74 Å². The maximum absolute atomic E-state index is 12.3. The Labute approximate surface area is 133 Å². The van der Waals surface area contributed by atoms with E-state index in [0.717, 1.165) is 66.9 Å². The van der Waals surface area contributed by atoms with Crippen LogP contribution in [0.25, 0.3) is 21.8 Å². The molecule has 23 heavy (non-hydrogen) atoms. The smallest absolute Gasteiger partial charge is 0.257 e. The third-order valence-electron chi connectivity index (χ3n) is 4.53. The lowest BCUT2D eigenvalue weighted by Crippen LogP contribution is -2.38. The number of hydrogen-bond donors (Lipinski definition) is 1. The van der Waals surface area contributed by atoms with E-state index in [1.54, 1.807) is 0 Å². The van der Waals surface area contributed by atoms with E-state index >= 15 is 0 Å². The number of morpholine rings is 1. The summed E-state index contributed by atoms with van der Waals surface area (Å²) in [4.78, 5) is 17.7. The number of aryl methyl sites for hydroxylation is 1. The van der Waals surface area contributed by atoms with Crippen molar-refractivity contribution in [3.63, 3.8) is 0 Å². The van der Waals surface area contributed by atoms with Crippen LogP contribution >= 0.6 is 0 Å². The van der Waals surface area contributed by atoms with Crippen LogP contribution in [0.4, 0.5) is 0 Å². The predicted octanol–water partition coefficient (Wildman–Crippen LogP) is 1.52. The van der Waals surface area contributed by atoms with E-state index in [0.29, 0.717) is 0 Å². The van der Waals surface area contributed by atoms with Crippen LogP contribution in [0.3, 0.4) is 0 Å². The first kappa shape index (κ1) is 14.4. The number of fused-ring (bicyclic) bond motifs is 3. The molecule has 1 saturated heterocycles. The Morgan fingerprint density at radius 1 is 1.17 bits per heavy atom. The molecule has 1 aliphatic rings. The van der Waals surface area contributed by atoms with E-state index in [9.17, 15) is 4.79 Å². The zero-order valence-corrected chi connectivity index (χ0v) is 13.2. The molecular formula is C17H20N4O2. The number of pyridine rings is 1. The maximum atomic E-state index is 12.3. The molecule has 0 radical (unpaired) electrons. The number of H-pyrrole nitrogens is 1. The molecule has 3 aromatic rings. The van der Waals surface area contributed by atoms with Gasteiger partial charge in [-0.05, 0) is 18.4 Å². The lowest BCUT2D eigenvalue weighted by Gasteiger charge is -2.26. The number of hydrogen-bond acceptors (Lipinski definition) is 4. The molecular weight excluding hydrogens is 292 g/mol. The van der Waals surface area contributed by atoms with Crippen LogP contribution in [0, 0.1) is 6.92 Å². The number of aromatic amines is 1. The Kier molecular flexibility index (Phi) is 3.63. The van der Waals surface area contributed by atoms with Gasteiger partial charge in [0.1, 0.15) is 5.65 Å². The minimum atomic E-state index is -0.0550. The molecule has 1 aromatic carbocycles. The highest BCUT2D eigenvalue weighted by Gasteiger charge is 2.15. The van der Waals surface area contributed by atoms with Gasteiger partial charge in [-0.2, -0.15) is 5.10 Å². The van der Waals surface area contributed by atoms with E-state index < -0.39 is 0 Å². The molecule has 0 saturated carbocycles. The Morgan fingerprint density at radius 3 is 2.70 bits per heavy atom. The molecule has 0 aliphatic carbocycles. The second kappa shape index (κ2) is 5.79. The number of nitrogens with zero attached hydrogens (tertiary/aromatic N) is 3. The van der Waals surface area contributed by atoms with Crippen molar-refractivity contribution >= 4 is 21.8 Å². The van der Waals surface area contributed by atoms with Gasteiger partial charge in [0, 0.05) is 30.4 Å². The molecule has 2 aromatic heterocycles. The molecule has 3 heterocycles. The molecule has 6 nitrogen and oxygen atoms in total. The number of ether oxygens (including phenoxy) is 1. The quantitative estimate of drug-likeness (QED) is 0.796. The summed E-state index contributed by atoms with van der Waals surface area (Å²) in [5, 5.41) is 7.39. The Hall–Kier alpha value is -2.18. The molecule has 1 aliphatic heterocycles. The van der Waals surface area contributed by atoms with Gasteiger partial charge in [0.2, 0.25) is 0 Å². The normalized spacial score (nSPS) is 16.4. The highest BCUT2D eigenvalue weighted by molar-refractivity contribution is 6.05. The predicted molar refractivity (Wildman–Crippen MR) is 89.9 cm³/mol. The van der Waals surface area contributed by atoms with Gasteiger partial charge in [-0.3, -0.25) is 9.69 Å². The first-order valence-electron chi connectivity index (χ1n) is 8.02. The summed E-state index contributed by atoms with van der Waals surface area (Å²) in [7, 11) is 0. The first-order valence-corrected chi connectivity index (χ1v) is 8.02. The van der Waals surface area contributed by atoms with Crippen molar-refractivity contribution in [2.75, 3.05) is 32.8 Å². The second-order valence-electron chi connectivity index (χ2n) is 5.99. The van der Waals surface area contributed by atoms with Gasteiger partial charge in [-0.15, -0.1) is 0 Å². The fourth-order valence-electron chi connectivity index (χ4n) is 3.33. The number of rotatable bonds is 3. The van der Waals surface area contributed by atoms with Crippen molar-refractivity contribution in [1.29, 1.82) is 0 Å². The molecule has 4 rings (SSSR count). The van der Waals surface area contributed by atoms with Gasteiger partial charge >= 0.3 is 0 Å². The van der Waals surface area contributed by atoms with Crippen molar-refractivity contribution in [1.82, 2.24) is 19.7 Å². The second-order valence-corrected chi connectivity index (χ2v) is 5.99. The van der Waals surface area contributed by atoms with Crippen molar-refractivity contribution in [3.05, 3.63) is 40.3 Å². The van der Waals surface area contributed by atoms with E-state index in [-0.39, 0.29) is 5.56 Å². The molecule has 0 bridgehead atoms. The topological polar surface area (TPSA) is 63.1 Å². The van der Waals surface area contributed by atoms with Crippen LogP contribution in [0.5, 0.6) is 0 Å². The summed E-state index contributed by atoms with van der Waals surface area (Å²) in [6.45, 7) is 7.17. The van der Waals surface area contributed by atoms with Crippen molar-refractivity contribution in [3.8, 4) is 0 Å². The third kappa shape index (κ3) is 2.54.